The molecule has 0 aliphatic rings. The van der Waals surface area contributed by atoms with Crippen LogP contribution in [0.1, 0.15) is 71.1 Å². The fourth-order valence-corrected chi connectivity index (χ4v) is 2.42. The quantitative estimate of drug-likeness (QED) is 0.394. The number of amides is 1. The number of nitrogens with one attached hydrogen (secondary N) is 1. The molecule has 126 valence electrons. The third kappa shape index (κ3) is 17.3. The first-order valence-corrected chi connectivity index (χ1v) is 9.88. The molecule has 0 heterocycles. The zero-order chi connectivity index (χ0) is 16.0. The summed E-state index contributed by atoms with van der Waals surface area (Å²) in [6, 6.07) is 0. The summed E-state index contributed by atoms with van der Waals surface area (Å²) in [4.78, 5) is 11.5. The first kappa shape index (κ1) is 20.4. The number of rotatable bonds is 14. The average molecular weight is 321 g/mol. The Morgan fingerprint density at radius 2 is 1.57 bits per heavy atom. The molecule has 6 heteroatoms. The van der Waals surface area contributed by atoms with Gasteiger partial charge in [-0.05, 0) is 19.3 Å². The van der Waals surface area contributed by atoms with E-state index in [1.54, 1.807) is 0 Å². The van der Waals surface area contributed by atoms with E-state index in [4.69, 9.17) is 0 Å². The van der Waals surface area contributed by atoms with Crippen LogP contribution in [0.3, 0.4) is 0 Å². The maximum atomic E-state index is 11.5. The number of unbranched alkanes of at least 4 members (excludes halogenated alkanes) is 7. The first-order valence-electron chi connectivity index (χ1n) is 8.07. The molecule has 0 aromatic heterocycles. The van der Waals surface area contributed by atoms with Gasteiger partial charge in [-0.3, -0.25) is 8.98 Å². The highest BCUT2D eigenvalue weighted by atomic mass is 32.2. The van der Waals surface area contributed by atoms with Crippen molar-refractivity contribution >= 4 is 16.0 Å². The minimum atomic E-state index is -3.34. The Morgan fingerprint density at radius 3 is 2.19 bits per heavy atom. The van der Waals surface area contributed by atoms with E-state index in [9.17, 15) is 13.2 Å². The molecular formula is C15H31NO4S. The van der Waals surface area contributed by atoms with Crippen LogP contribution in [0.2, 0.25) is 0 Å². The Hall–Kier alpha value is -0.620. The van der Waals surface area contributed by atoms with Crippen LogP contribution in [0, 0.1) is 0 Å². The lowest BCUT2D eigenvalue weighted by atomic mass is 10.1. The fourth-order valence-electron chi connectivity index (χ4n) is 2.00. The van der Waals surface area contributed by atoms with Gasteiger partial charge in [-0.15, -0.1) is 0 Å². The van der Waals surface area contributed by atoms with Crippen LogP contribution >= 0.6 is 0 Å². The smallest absolute Gasteiger partial charge is 0.264 e. The minimum Gasteiger partial charge on any atom is -0.356 e. The number of hydrogen-bond donors (Lipinski definition) is 1. The second-order valence-electron chi connectivity index (χ2n) is 5.45. The molecule has 21 heavy (non-hydrogen) atoms. The molecule has 0 aromatic rings. The second kappa shape index (κ2) is 13.1. The van der Waals surface area contributed by atoms with E-state index in [1.807, 2.05) is 0 Å². The minimum absolute atomic E-state index is 0.0904. The topological polar surface area (TPSA) is 72.5 Å². The largest absolute Gasteiger partial charge is 0.356 e. The highest BCUT2D eigenvalue weighted by Crippen LogP contribution is 2.08. The van der Waals surface area contributed by atoms with E-state index in [-0.39, 0.29) is 12.5 Å². The van der Waals surface area contributed by atoms with Crippen LogP contribution < -0.4 is 5.32 Å². The van der Waals surface area contributed by atoms with Crippen molar-refractivity contribution in [1.29, 1.82) is 0 Å². The third-order valence-corrected chi connectivity index (χ3v) is 3.79. The van der Waals surface area contributed by atoms with Gasteiger partial charge in [-0.1, -0.05) is 45.4 Å². The van der Waals surface area contributed by atoms with Crippen molar-refractivity contribution in [1.82, 2.24) is 5.32 Å². The van der Waals surface area contributed by atoms with Gasteiger partial charge < -0.3 is 5.32 Å². The van der Waals surface area contributed by atoms with Gasteiger partial charge in [0.1, 0.15) is 0 Å². The molecule has 0 atom stereocenters. The Balaban J connectivity index is 3.27. The van der Waals surface area contributed by atoms with Crippen molar-refractivity contribution in [2.24, 2.45) is 0 Å². The van der Waals surface area contributed by atoms with Gasteiger partial charge in [0.25, 0.3) is 10.1 Å². The van der Waals surface area contributed by atoms with E-state index in [2.05, 4.69) is 16.4 Å². The summed E-state index contributed by atoms with van der Waals surface area (Å²) >= 11 is 0. The monoisotopic (exact) mass is 321 g/mol. The Kier molecular flexibility index (Phi) is 12.7. The van der Waals surface area contributed by atoms with Crippen molar-refractivity contribution in [3.05, 3.63) is 0 Å². The molecule has 0 unspecified atom stereocenters. The Morgan fingerprint density at radius 1 is 0.952 bits per heavy atom. The molecule has 0 aliphatic heterocycles. The molecule has 0 aliphatic carbocycles. The summed E-state index contributed by atoms with van der Waals surface area (Å²) in [5.74, 6) is 0.0904. The molecule has 1 N–H and O–H groups in total. The van der Waals surface area contributed by atoms with Crippen LogP contribution in [0.4, 0.5) is 0 Å². The molecule has 0 radical (unpaired) electrons. The highest BCUT2D eigenvalue weighted by molar-refractivity contribution is 7.85. The Labute approximate surface area is 130 Å². The van der Waals surface area contributed by atoms with E-state index in [0.29, 0.717) is 19.4 Å². The lowest BCUT2D eigenvalue weighted by molar-refractivity contribution is -0.121. The number of carbonyl (C=O) groups excluding carboxylic acids is 1. The average Bonchev–Trinajstić information content (AvgIpc) is 2.40. The van der Waals surface area contributed by atoms with Crippen molar-refractivity contribution in [2.45, 2.75) is 71.1 Å². The van der Waals surface area contributed by atoms with Gasteiger partial charge in [-0.25, -0.2) is 0 Å². The molecule has 0 bridgehead atoms. The highest BCUT2D eigenvalue weighted by Gasteiger charge is 2.02. The SMILES string of the molecule is CCCCCCCCCC(=O)NCCCCOS(C)(=O)=O. The molecule has 0 spiro atoms. The molecule has 0 fully saturated rings. The van der Waals surface area contributed by atoms with Crippen molar-refractivity contribution in [2.75, 3.05) is 19.4 Å². The first-order chi connectivity index (χ1) is 9.95. The predicted molar refractivity (Wildman–Crippen MR) is 85.6 cm³/mol. The lowest BCUT2D eigenvalue weighted by Crippen LogP contribution is -2.24. The standard InChI is InChI=1S/C15H31NO4S/c1-3-4-5-6-7-8-9-12-15(17)16-13-10-11-14-20-21(2,18)19/h3-14H2,1-2H3,(H,16,17). The zero-order valence-corrected chi connectivity index (χ0v) is 14.3. The third-order valence-electron chi connectivity index (χ3n) is 3.20. The van der Waals surface area contributed by atoms with Crippen LogP contribution in [0.5, 0.6) is 0 Å². The van der Waals surface area contributed by atoms with E-state index in [0.717, 1.165) is 25.5 Å². The van der Waals surface area contributed by atoms with E-state index >= 15 is 0 Å². The molecular weight excluding hydrogens is 290 g/mol. The summed E-state index contributed by atoms with van der Waals surface area (Å²) in [6.45, 7) is 2.98. The van der Waals surface area contributed by atoms with Gasteiger partial charge in [-0.2, -0.15) is 8.42 Å². The molecule has 0 rings (SSSR count). The van der Waals surface area contributed by atoms with Crippen LogP contribution in [0.25, 0.3) is 0 Å². The normalized spacial score (nSPS) is 11.5. The van der Waals surface area contributed by atoms with E-state index < -0.39 is 10.1 Å². The summed E-state index contributed by atoms with van der Waals surface area (Å²) in [7, 11) is -3.34. The summed E-state index contributed by atoms with van der Waals surface area (Å²) in [6.07, 6.45) is 11.4. The Bertz CT molecular complexity index is 355. The van der Waals surface area contributed by atoms with Crippen LogP contribution in [-0.4, -0.2) is 33.7 Å². The van der Waals surface area contributed by atoms with Crippen molar-refractivity contribution in [3.63, 3.8) is 0 Å². The molecule has 1 amide bonds. The van der Waals surface area contributed by atoms with Crippen LogP contribution in [-0.2, 0) is 19.1 Å². The van der Waals surface area contributed by atoms with Crippen molar-refractivity contribution in [3.8, 4) is 0 Å². The number of carbonyl (C=O) groups is 1. The summed E-state index contributed by atoms with van der Waals surface area (Å²) < 4.78 is 26.0. The number of hydrogen-bond acceptors (Lipinski definition) is 4. The fraction of sp³-hybridized carbons (Fsp3) is 0.933. The van der Waals surface area contributed by atoms with Gasteiger partial charge in [0, 0.05) is 13.0 Å². The van der Waals surface area contributed by atoms with Gasteiger partial charge >= 0.3 is 0 Å². The molecule has 5 nitrogen and oxygen atoms in total. The summed E-state index contributed by atoms with van der Waals surface area (Å²) in [5, 5.41) is 2.85. The maximum Gasteiger partial charge on any atom is 0.264 e. The second-order valence-corrected chi connectivity index (χ2v) is 7.10. The molecule has 0 saturated carbocycles. The van der Waals surface area contributed by atoms with Crippen LogP contribution in [0.15, 0.2) is 0 Å². The lowest BCUT2D eigenvalue weighted by Gasteiger charge is -2.05. The summed E-state index contributed by atoms with van der Waals surface area (Å²) in [5.41, 5.74) is 0. The predicted octanol–water partition coefficient (Wildman–Crippen LogP) is 3.00. The van der Waals surface area contributed by atoms with Gasteiger partial charge in [0.2, 0.25) is 5.91 Å². The zero-order valence-electron chi connectivity index (χ0n) is 13.5. The van der Waals surface area contributed by atoms with E-state index in [1.165, 1.54) is 32.1 Å². The van der Waals surface area contributed by atoms with Gasteiger partial charge in [0.15, 0.2) is 0 Å². The maximum absolute atomic E-state index is 11.5. The van der Waals surface area contributed by atoms with Gasteiger partial charge in [0.05, 0.1) is 12.9 Å². The molecule has 0 saturated heterocycles. The van der Waals surface area contributed by atoms with Crippen molar-refractivity contribution < 1.29 is 17.4 Å². The molecule has 0 aromatic carbocycles.